The topological polar surface area (TPSA) is 46.5 Å². The smallest absolute Gasteiger partial charge is 0.133 e. The van der Waals surface area contributed by atoms with E-state index < -0.39 is 0 Å². The first-order valence-electron chi connectivity index (χ1n) is 7.49. The van der Waals surface area contributed by atoms with Gasteiger partial charge in [0.25, 0.3) is 0 Å². The van der Waals surface area contributed by atoms with Crippen LogP contribution in [-0.2, 0) is 17.8 Å². The second kappa shape index (κ2) is 9.54. The van der Waals surface area contributed by atoms with Gasteiger partial charge in [0.1, 0.15) is 11.5 Å². The Kier molecular flexibility index (Phi) is 7.97. The fraction of sp³-hybridized carbons (Fsp3) is 0.588. The SMILES string of the molecule is CCCCCCC(=O)CCc1ccc(CO)c(OC)c1. The van der Waals surface area contributed by atoms with E-state index in [2.05, 4.69) is 6.92 Å². The number of benzene rings is 1. The van der Waals surface area contributed by atoms with Crippen molar-refractivity contribution in [1.82, 2.24) is 0 Å². The maximum atomic E-state index is 11.8. The third kappa shape index (κ3) is 5.74. The second-order valence-corrected chi connectivity index (χ2v) is 5.15. The first-order valence-corrected chi connectivity index (χ1v) is 7.49. The Hall–Kier alpha value is -1.35. The number of rotatable bonds is 10. The molecule has 0 saturated carbocycles. The Labute approximate surface area is 122 Å². The molecule has 0 aromatic heterocycles. The van der Waals surface area contributed by atoms with Crippen LogP contribution < -0.4 is 4.74 Å². The highest BCUT2D eigenvalue weighted by Crippen LogP contribution is 2.21. The lowest BCUT2D eigenvalue weighted by molar-refractivity contribution is -0.119. The molecule has 0 fully saturated rings. The molecule has 0 saturated heterocycles. The zero-order valence-electron chi connectivity index (χ0n) is 12.7. The van der Waals surface area contributed by atoms with Gasteiger partial charge in [0.05, 0.1) is 13.7 Å². The van der Waals surface area contributed by atoms with Crippen molar-refractivity contribution in [2.24, 2.45) is 0 Å². The Morgan fingerprint density at radius 3 is 2.65 bits per heavy atom. The van der Waals surface area contributed by atoms with E-state index in [-0.39, 0.29) is 6.61 Å². The fourth-order valence-corrected chi connectivity index (χ4v) is 2.23. The summed E-state index contributed by atoms with van der Waals surface area (Å²) in [6.07, 6.45) is 6.62. The third-order valence-corrected chi connectivity index (χ3v) is 3.52. The molecule has 3 heteroatoms. The molecule has 0 bridgehead atoms. The summed E-state index contributed by atoms with van der Waals surface area (Å²) in [7, 11) is 1.59. The molecule has 0 spiro atoms. The highest BCUT2D eigenvalue weighted by Gasteiger charge is 2.06. The van der Waals surface area contributed by atoms with Crippen LogP contribution in [0.4, 0.5) is 0 Å². The van der Waals surface area contributed by atoms with Gasteiger partial charge in [0.15, 0.2) is 0 Å². The molecule has 0 aliphatic carbocycles. The minimum atomic E-state index is -0.0280. The van der Waals surface area contributed by atoms with Crippen LogP contribution >= 0.6 is 0 Å². The van der Waals surface area contributed by atoms with Gasteiger partial charge >= 0.3 is 0 Å². The van der Waals surface area contributed by atoms with Crippen LogP contribution in [0.15, 0.2) is 18.2 Å². The van der Waals surface area contributed by atoms with Gasteiger partial charge in [-0.25, -0.2) is 0 Å². The molecule has 0 aliphatic heterocycles. The predicted octanol–water partition coefficient (Wildman–Crippen LogP) is 3.66. The highest BCUT2D eigenvalue weighted by atomic mass is 16.5. The van der Waals surface area contributed by atoms with Crippen molar-refractivity contribution in [3.05, 3.63) is 29.3 Å². The summed E-state index contributed by atoms with van der Waals surface area (Å²) in [6, 6.07) is 5.73. The number of ketones is 1. The number of aliphatic hydroxyl groups excluding tert-OH is 1. The van der Waals surface area contributed by atoms with E-state index in [0.29, 0.717) is 24.4 Å². The molecule has 0 amide bonds. The van der Waals surface area contributed by atoms with Crippen LogP contribution in [-0.4, -0.2) is 18.0 Å². The van der Waals surface area contributed by atoms with E-state index in [1.54, 1.807) is 7.11 Å². The molecule has 0 atom stereocenters. The molecular formula is C17H26O3. The van der Waals surface area contributed by atoms with Crippen LogP contribution in [0.25, 0.3) is 0 Å². The summed E-state index contributed by atoms with van der Waals surface area (Å²) in [5.41, 5.74) is 1.86. The van der Waals surface area contributed by atoms with Gasteiger partial charge in [0.2, 0.25) is 0 Å². The number of ether oxygens (including phenoxy) is 1. The molecule has 1 aromatic rings. The first kappa shape index (κ1) is 16.7. The summed E-state index contributed by atoms with van der Waals surface area (Å²) >= 11 is 0. The minimum absolute atomic E-state index is 0.0280. The van der Waals surface area contributed by atoms with E-state index in [1.165, 1.54) is 12.8 Å². The van der Waals surface area contributed by atoms with Crippen molar-refractivity contribution in [1.29, 1.82) is 0 Å². The molecule has 1 rings (SSSR count). The van der Waals surface area contributed by atoms with Crippen molar-refractivity contribution in [3.8, 4) is 5.75 Å². The average molecular weight is 278 g/mol. The van der Waals surface area contributed by atoms with Crippen molar-refractivity contribution < 1.29 is 14.6 Å². The Morgan fingerprint density at radius 2 is 2.00 bits per heavy atom. The van der Waals surface area contributed by atoms with Crippen molar-refractivity contribution in [2.75, 3.05) is 7.11 Å². The lowest BCUT2D eigenvalue weighted by atomic mass is 10.0. The Balaban J connectivity index is 2.39. The third-order valence-electron chi connectivity index (χ3n) is 3.52. The number of carbonyl (C=O) groups excluding carboxylic acids is 1. The van der Waals surface area contributed by atoms with E-state index >= 15 is 0 Å². The minimum Gasteiger partial charge on any atom is -0.496 e. The second-order valence-electron chi connectivity index (χ2n) is 5.15. The summed E-state index contributed by atoms with van der Waals surface area (Å²) < 4.78 is 5.23. The molecule has 0 heterocycles. The number of unbranched alkanes of at least 4 members (excludes halogenated alkanes) is 3. The first-order chi connectivity index (χ1) is 9.71. The highest BCUT2D eigenvalue weighted by molar-refractivity contribution is 5.78. The van der Waals surface area contributed by atoms with Crippen LogP contribution in [0.1, 0.15) is 56.6 Å². The standard InChI is InChI=1S/C17H26O3/c1-3-4-5-6-7-16(19)11-9-14-8-10-15(13-18)17(12-14)20-2/h8,10,12,18H,3-7,9,11,13H2,1-2H3. The number of Topliss-reactive ketones (excluding diaryl/α,β-unsaturated/α-hetero) is 1. The summed E-state index contributed by atoms with van der Waals surface area (Å²) in [6.45, 7) is 2.14. The Bertz CT molecular complexity index is 413. The molecule has 0 unspecified atom stereocenters. The molecular weight excluding hydrogens is 252 g/mol. The predicted molar refractivity (Wildman–Crippen MR) is 81.0 cm³/mol. The van der Waals surface area contributed by atoms with Crippen molar-refractivity contribution in [3.63, 3.8) is 0 Å². The number of carbonyl (C=O) groups is 1. The normalized spacial score (nSPS) is 10.6. The van der Waals surface area contributed by atoms with Crippen molar-refractivity contribution in [2.45, 2.75) is 58.5 Å². The number of aliphatic hydroxyl groups is 1. The van der Waals surface area contributed by atoms with Crippen LogP contribution in [0.3, 0.4) is 0 Å². The zero-order valence-corrected chi connectivity index (χ0v) is 12.7. The molecule has 0 radical (unpaired) electrons. The van der Waals surface area contributed by atoms with E-state index in [4.69, 9.17) is 9.84 Å². The van der Waals surface area contributed by atoms with Crippen LogP contribution in [0.2, 0.25) is 0 Å². The largest absolute Gasteiger partial charge is 0.496 e. The Morgan fingerprint density at radius 1 is 1.20 bits per heavy atom. The van der Waals surface area contributed by atoms with Gasteiger partial charge in [-0.1, -0.05) is 38.3 Å². The molecule has 112 valence electrons. The molecule has 0 aliphatic rings. The van der Waals surface area contributed by atoms with Gasteiger partial charge in [0, 0.05) is 18.4 Å². The molecule has 1 N–H and O–H groups in total. The monoisotopic (exact) mass is 278 g/mol. The van der Waals surface area contributed by atoms with Gasteiger partial charge in [-0.05, 0) is 24.5 Å². The lowest BCUT2D eigenvalue weighted by Gasteiger charge is -2.08. The molecule has 3 nitrogen and oxygen atoms in total. The fourth-order valence-electron chi connectivity index (χ4n) is 2.23. The average Bonchev–Trinajstić information content (AvgIpc) is 2.49. The van der Waals surface area contributed by atoms with Crippen molar-refractivity contribution >= 4 is 5.78 Å². The van der Waals surface area contributed by atoms with Crippen LogP contribution in [0, 0.1) is 0 Å². The maximum Gasteiger partial charge on any atom is 0.133 e. The van der Waals surface area contributed by atoms with E-state index in [1.807, 2.05) is 18.2 Å². The van der Waals surface area contributed by atoms with Gasteiger partial charge in [-0.2, -0.15) is 0 Å². The summed E-state index contributed by atoms with van der Waals surface area (Å²) in [5.74, 6) is 1.03. The van der Waals surface area contributed by atoms with Gasteiger partial charge in [-0.3, -0.25) is 4.79 Å². The van der Waals surface area contributed by atoms with E-state index in [9.17, 15) is 4.79 Å². The number of methoxy groups -OCH3 is 1. The van der Waals surface area contributed by atoms with Crippen LogP contribution in [0.5, 0.6) is 5.75 Å². The number of aryl methyl sites for hydroxylation is 1. The van der Waals surface area contributed by atoms with E-state index in [0.717, 1.165) is 30.4 Å². The number of hydrogen-bond acceptors (Lipinski definition) is 3. The molecule has 20 heavy (non-hydrogen) atoms. The lowest BCUT2D eigenvalue weighted by Crippen LogP contribution is -2.01. The van der Waals surface area contributed by atoms with Gasteiger partial charge in [-0.15, -0.1) is 0 Å². The quantitative estimate of drug-likeness (QED) is 0.664. The molecule has 1 aromatic carbocycles. The summed E-state index contributed by atoms with van der Waals surface area (Å²) in [4.78, 5) is 11.8. The van der Waals surface area contributed by atoms with Gasteiger partial charge < -0.3 is 9.84 Å². The maximum absolute atomic E-state index is 11.8. The summed E-state index contributed by atoms with van der Waals surface area (Å²) in [5, 5.41) is 9.17. The zero-order chi connectivity index (χ0) is 14.8. The number of hydrogen-bond donors (Lipinski definition) is 1.